The molecule has 2 N–H and O–H groups in total. The van der Waals surface area contributed by atoms with E-state index >= 15 is 0 Å². The van der Waals surface area contributed by atoms with Crippen molar-refractivity contribution in [2.45, 2.75) is 102 Å². The number of anilines is 1. The molecule has 190 valence electrons. The molecule has 0 amide bonds. The van der Waals surface area contributed by atoms with Gasteiger partial charge in [-0.2, -0.15) is 13.2 Å². The zero-order valence-corrected chi connectivity index (χ0v) is 19.9. The molecule has 1 aromatic rings. The number of rotatable bonds is 20. The molecule has 0 saturated carbocycles. The van der Waals surface area contributed by atoms with Crippen molar-refractivity contribution in [2.24, 2.45) is 0 Å². The minimum atomic E-state index is -4.00. The molecule has 0 radical (unpaired) electrons. The molecule has 4 nitrogen and oxygen atoms in total. The number of benzene rings is 1. The molecule has 0 atom stereocenters. The van der Waals surface area contributed by atoms with Crippen LogP contribution in [0.25, 0.3) is 0 Å². The van der Waals surface area contributed by atoms with E-state index < -0.39 is 12.6 Å². The fraction of sp³-hybridized carbons (Fsp3) is 0.731. The lowest BCUT2D eigenvalue weighted by Gasteiger charge is -2.08. The average molecular weight is 474 g/mol. The molecule has 7 heteroatoms. The maximum absolute atomic E-state index is 12.0. The lowest BCUT2D eigenvalue weighted by atomic mass is 10.0. The molecule has 0 aliphatic heterocycles. The fourth-order valence-electron chi connectivity index (χ4n) is 3.66. The maximum atomic E-state index is 12.0. The van der Waals surface area contributed by atoms with Gasteiger partial charge in [0.25, 0.3) is 0 Å². The third kappa shape index (κ3) is 17.4. The third-order valence-electron chi connectivity index (χ3n) is 5.62. The van der Waals surface area contributed by atoms with Gasteiger partial charge in [0.05, 0.1) is 12.2 Å². The van der Waals surface area contributed by atoms with Crippen molar-refractivity contribution < 1.29 is 27.8 Å². The van der Waals surface area contributed by atoms with Crippen molar-refractivity contribution in [3.8, 4) is 0 Å². The number of halogens is 3. The van der Waals surface area contributed by atoms with E-state index in [4.69, 9.17) is 9.84 Å². The largest absolute Gasteiger partial charge is 0.462 e. The van der Waals surface area contributed by atoms with Gasteiger partial charge >= 0.3 is 12.1 Å². The quantitative estimate of drug-likeness (QED) is 0.151. The van der Waals surface area contributed by atoms with Gasteiger partial charge in [0.1, 0.15) is 0 Å². The summed E-state index contributed by atoms with van der Waals surface area (Å²) >= 11 is 0. The highest BCUT2D eigenvalue weighted by Gasteiger charge is 2.25. The lowest BCUT2D eigenvalue weighted by Crippen LogP contribution is -2.08. The summed E-state index contributed by atoms with van der Waals surface area (Å²) in [5.74, 6) is -0.366. The summed E-state index contributed by atoms with van der Waals surface area (Å²) in [6.45, 7) is 1.15. The Balaban J connectivity index is 1.88. The molecule has 1 aromatic carbocycles. The summed E-state index contributed by atoms with van der Waals surface area (Å²) in [4.78, 5) is 11.8. The van der Waals surface area contributed by atoms with Crippen LogP contribution < -0.4 is 5.32 Å². The topological polar surface area (TPSA) is 58.6 Å². The highest BCUT2D eigenvalue weighted by molar-refractivity contribution is 5.89. The van der Waals surface area contributed by atoms with Crippen molar-refractivity contribution in [3.05, 3.63) is 29.8 Å². The van der Waals surface area contributed by atoms with Crippen LogP contribution in [0.2, 0.25) is 0 Å². The highest BCUT2D eigenvalue weighted by Crippen LogP contribution is 2.23. The summed E-state index contributed by atoms with van der Waals surface area (Å²) < 4.78 is 41.2. The first-order chi connectivity index (χ1) is 15.9. The summed E-state index contributed by atoms with van der Waals surface area (Å²) in [5.41, 5.74) is 1.50. The van der Waals surface area contributed by atoms with Crippen LogP contribution in [0.4, 0.5) is 18.9 Å². The maximum Gasteiger partial charge on any atom is 0.389 e. The number of carbonyl (C=O) groups excluding carboxylic acids is 1. The molecule has 0 unspecified atom stereocenters. The van der Waals surface area contributed by atoms with Gasteiger partial charge in [-0.05, 0) is 37.1 Å². The lowest BCUT2D eigenvalue weighted by molar-refractivity contribution is -0.135. The van der Waals surface area contributed by atoms with E-state index in [0.29, 0.717) is 18.4 Å². The van der Waals surface area contributed by atoms with Gasteiger partial charge in [0.15, 0.2) is 0 Å². The molecule has 0 bridgehead atoms. The summed E-state index contributed by atoms with van der Waals surface area (Å²) in [6.07, 6.45) is 9.64. The van der Waals surface area contributed by atoms with Crippen molar-refractivity contribution in [3.63, 3.8) is 0 Å². The molecule has 0 heterocycles. The van der Waals surface area contributed by atoms with Gasteiger partial charge in [-0.1, -0.05) is 70.6 Å². The summed E-state index contributed by atoms with van der Waals surface area (Å²) in [7, 11) is 0. The van der Waals surface area contributed by atoms with E-state index in [-0.39, 0.29) is 25.6 Å². The normalized spacial score (nSPS) is 11.5. The fourth-order valence-corrected chi connectivity index (χ4v) is 3.66. The van der Waals surface area contributed by atoms with Crippen molar-refractivity contribution >= 4 is 11.7 Å². The van der Waals surface area contributed by atoms with Crippen molar-refractivity contribution in [1.29, 1.82) is 0 Å². The van der Waals surface area contributed by atoms with Crippen LogP contribution in [-0.4, -0.2) is 37.0 Å². The molecule has 1 rings (SSSR count). The molecule has 0 aromatic heterocycles. The van der Waals surface area contributed by atoms with Gasteiger partial charge in [-0.25, -0.2) is 4.79 Å². The van der Waals surface area contributed by atoms with E-state index in [0.717, 1.165) is 37.9 Å². The molecular formula is C26H42F3NO3. The molecule has 0 aliphatic rings. The monoisotopic (exact) mass is 473 g/mol. The SMILES string of the molecule is O=C(OCCCO)c1ccc(NCCCCCCCCCCCCCCCC(F)(F)F)cc1. The van der Waals surface area contributed by atoms with E-state index in [2.05, 4.69) is 5.32 Å². The number of unbranched alkanes of at least 4 members (excludes halogenated alkanes) is 12. The molecule has 0 aliphatic carbocycles. The van der Waals surface area contributed by atoms with E-state index in [1.807, 2.05) is 12.1 Å². The number of carbonyl (C=O) groups is 1. The van der Waals surface area contributed by atoms with Crippen LogP contribution in [0, 0.1) is 0 Å². The Morgan fingerprint density at radius 1 is 0.758 bits per heavy atom. The minimum Gasteiger partial charge on any atom is -0.462 e. The minimum absolute atomic E-state index is 0.0115. The van der Waals surface area contributed by atoms with E-state index in [1.54, 1.807) is 12.1 Å². The zero-order chi connectivity index (χ0) is 24.2. The van der Waals surface area contributed by atoms with Crippen LogP contribution in [0.3, 0.4) is 0 Å². The first kappa shape index (κ1) is 29.3. The van der Waals surface area contributed by atoms with Crippen molar-refractivity contribution in [1.82, 2.24) is 0 Å². The number of alkyl halides is 3. The Labute approximate surface area is 197 Å². The average Bonchev–Trinajstić information content (AvgIpc) is 2.78. The van der Waals surface area contributed by atoms with E-state index in [1.165, 1.54) is 44.9 Å². The van der Waals surface area contributed by atoms with Crippen LogP contribution in [0.15, 0.2) is 24.3 Å². The number of esters is 1. The standard InChI is InChI=1S/C26H42F3NO3/c27-26(28,29)19-12-10-8-6-4-2-1-3-5-7-9-11-13-20-30-24-17-15-23(16-18-24)25(32)33-22-14-21-31/h15-18,30-31H,1-14,19-22H2. The van der Waals surface area contributed by atoms with Gasteiger partial charge in [0, 0.05) is 31.7 Å². The molecule has 0 fully saturated rings. The first-order valence-corrected chi connectivity index (χ1v) is 12.6. The number of aliphatic hydroxyl groups is 1. The number of aliphatic hydroxyl groups excluding tert-OH is 1. The zero-order valence-electron chi connectivity index (χ0n) is 19.9. The first-order valence-electron chi connectivity index (χ1n) is 12.6. The number of nitrogens with one attached hydrogen (secondary N) is 1. The van der Waals surface area contributed by atoms with Crippen molar-refractivity contribution in [2.75, 3.05) is 25.1 Å². The number of hydrogen-bond acceptors (Lipinski definition) is 4. The van der Waals surface area contributed by atoms with Crippen LogP contribution in [-0.2, 0) is 4.74 Å². The van der Waals surface area contributed by atoms with Crippen LogP contribution >= 0.6 is 0 Å². The highest BCUT2D eigenvalue weighted by atomic mass is 19.4. The van der Waals surface area contributed by atoms with Gasteiger partial charge in [-0.15, -0.1) is 0 Å². The Kier molecular flexibility index (Phi) is 16.5. The second-order valence-electron chi connectivity index (χ2n) is 8.68. The molecular weight excluding hydrogens is 431 g/mol. The molecule has 0 saturated heterocycles. The Morgan fingerprint density at radius 2 is 1.24 bits per heavy atom. The Hall–Kier alpha value is -1.76. The van der Waals surface area contributed by atoms with Gasteiger partial charge < -0.3 is 15.2 Å². The second-order valence-corrected chi connectivity index (χ2v) is 8.68. The van der Waals surface area contributed by atoms with Gasteiger partial charge in [-0.3, -0.25) is 0 Å². The predicted molar refractivity (Wildman–Crippen MR) is 128 cm³/mol. The Bertz CT molecular complexity index is 606. The van der Waals surface area contributed by atoms with E-state index in [9.17, 15) is 18.0 Å². The Morgan fingerprint density at radius 3 is 1.73 bits per heavy atom. The number of ether oxygens (including phenoxy) is 1. The predicted octanol–water partition coefficient (Wildman–Crippen LogP) is 7.66. The second kappa shape index (κ2) is 18.6. The summed E-state index contributed by atoms with van der Waals surface area (Å²) in [5, 5.41) is 12.1. The van der Waals surface area contributed by atoms with Gasteiger partial charge in [0.2, 0.25) is 0 Å². The molecule has 0 spiro atoms. The summed E-state index contributed by atoms with van der Waals surface area (Å²) in [6, 6.07) is 7.26. The van der Waals surface area contributed by atoms with Crippen LogP contribution in [0.1, 0.15) is 107 Å². The molecule has 33 heavy (non-hydrogen) atoms. The number of hydrogen-bond donors (Lipinski definition) is 2. The third-order valence-corrected chi connectivity index (χ3v) is 5.62. The van der Waals surface area contributed by atoms with Crippen LogP contribution in [0.5, 0.6) is 0 Å². The smallest absolute Gasteiger partial charge is 0.389 e.